The number of anilines is 2. The fraction of sp³-hybridized carbons (Fsp3) is 0.404. The Hall–Kier alpha value is -4.63. The number of fused-ring (bicyclic) bond motifs is 3. The lowest BCUT2D eigenvalue weighted by Crippen LogP contribution is -2.55. The molecule has 0 spiro atoms. The molecular weight excluding hydrogens is 718 g/mol. The number of phenols is 1. The highest BCUT2D eigenvalue weighted by Gasteiger charge is 2.41. The van der Waals surface area contributed by atoms with E-state index in [1.165, 1.54) is 65.9 Å². The van der Waals surface area contributed by atoms with Crippen molar-refractivity contribution in [2.75, 3.05) is 48.4 Å². The number of benzene rings is 4. The Kier molecular flexibility index (Phi) is 10.6. The molecule has 2 bridgehead atoms. The number of allylic oxidation sites excluding steroid dienone is 1. The minimum absolute atomic E-state index is 0.144. The third kappa shape index (κ3) is 7.59. The number of carbonyl (C=O) groups is 2. The van der Waals surface area contributed by atoms with Crippen LogP contribution in [-0.4, -0.2) is 83.5 Å². The van der Waals surface area contributed by atoms with Gasteiger partial charge in [-0.15, -0.1) is 11.6 Å². The molecule has 2 amide bonds. The van der Waals surface area contributed by atoms with Gasteiger partial charge in [-0.25, -0.2) is 0 Å². The summed E-state index contributed by atoms with van der Waals surface area (Å²) < 4.78 is 0. The molecular formula is C47H52ClN5O3. The maximum atomic E-state index is 12.6. The highest BCUT2D eigenvalue weighted by Crippen LogP contribution is 2.40. The Bertz CT molecular complexity index is 2070. The van der Waals surface area contributed by atoms with Gasteiger partial charge in [-0.2, -0.15) is 0 Å². The highest BCUT2D eigenvalue weighted by molar-refractivity contribution is 6.18. The number of carbonyl (C=O) groups excluding carboxylic acids is 2. The van der Waals surface area contributed by atoms with Crippen LogP contribution < -0.4 is 15.1 Å². The first-order valence-electron chi connectivity index (χ1n) is 20.6. The predicted molar refractivity (Wildman–Crippen MR) is 225 cm³/mol. The van der Waals surface area contributed by atoms with Gasteiger partial charge in [0.25, 0.3) is 0 Å². The minimum Gasteiger partial charge on any atom is -0.508 e. The van der Waals surface area contributed by atoms with Crippen LogP contribution in [0.1, 0.15) is 72.8 Å². The molecule has 0 aliphatic carbocycles. The van der Waals surface area contributed by atoms with Crippen molar-refractivity contribution in [1.82, 2.24) is 15.1 Å². The number of amides is 2. The Morgan fingerprint density at radius 2 is 1.39 bits per heavy atom. The molecule has 8 nitrogen and oxygen atoms in total. The smallest absolute Gasteiger partial charge is 0.243 e. The van der Waals surface area contributed by atoms with Crippen molar-refractivity contribution in [3.63, 3.8) is 0 Å². The number of hydrogen-bond acceptors (Lipinski definition) is 7. The number of nitrogens with zero attached hydrogens (tertiary/aromatic N) is 4. The van der Waals surface area contributed by atoms with Crippen molar-refractivity contribution in [2.45, 2.75) is 76.2 Å². The summed E-state index contributed by atoms with van der Waals surface area (Å²) in [6.07, 6.45) is 6.68. The molecule has 3 unspecified atom stereocenters. The summed E-state index contributed by atoms with van der Waals surface area (Å²) in [7, 11) is 0. The van der Waals surface area contributed by atoms with Crippen LogP contribution in [0.15, 0.2) is 97.1 Å². The average Bonchev–Trinajstić information content (AvgIpc) is 3.76. The maximum Gasteiger partial charge on any atom is 0.243 e. The van der Waals surface area contributed by atoms with Gasteiger partial charge in [0, 0.05) is 81.6 Å². The molecule has 4 aromatic carbocycles. The van der Waals surface area contributed by atoms with E-state index in [2.05, 4.69) is 91.6 Å². The third-order valence-electron chi connectivity index (χ3n) is 13.0. The van der Waals surface area contributed by atoms with Crippen LogP contribution in [0.4, 0.5) is 11.4 Å². The zero-order valence-electron chi connectivity index (χ0n) is 32.1. The molecule has 56 heavy (non-hydrogen) atoms. The average molecular weight is 770 g/mol. The molecule has 5 heterocycles. The van der Waals surface area contributed by atoms with Crippen LogP contribution in [0, 0.1) is 5.92 Å². The summed E-state index contributed by atoms with van der Waals surface area (Å²) in [4.78, 5) is 34.5. The zero-order valence-corrected chi connectivity index (χ0v) is 32.8. The number of piperazine rings is 1. The summed E-state index contributed by atoms with van der Waals surface area (Å²) in [5.74, 6) is 1.20. The van der Waals surface area contributed by atoms with Gasteiger partial charge in [0.05, 0.1) is 6.04 Å². The van der Waals surface area contributed by atoms with Gasteiger partial charge in [0.1, 0.15) is 5.75 Å². The number of imide groups is 1. The van der Waals surface area contributed by atoms with Crippen LogP contribution in [0.2, 0.25) is 0 Å². The van der Waals surface area contributed by atoms with Gasteiger partial charge < -0.3 is 14.9 Å². The summed E-state index contributed by atoms with van der Waals surface area (Å²) in [6, 6.07) is 34.9. The molecule has 3 atom stereocenters. The molecule has 5 aliphatic rings. The number of rotatable bonds is 10. The van der Waals surface area contributed by atoms with E-state index >= 15 is 0 Å². The van der Waals surface area contributed by atoms with Crippen molar-refractivity contribution in [3.8, 4) is 5.75 Å². The number of halogens is 1. The molecule has 9 heteroatoms. The summed E-state index contributed by atoms with van der Waals surface area (Å²) in [5, 5.41) is 12.6. The summed E-state index contributed by atoms with van der Waals surface area (Å²) in [5.41, 5.74) is 11.0. The van der Waals surface area contributed by atoms with Crippen LogP contribution >= 0.6 is 11.6 Å². The Morgan fingerprint density at radius 3 is 2.07 bits per heavy atom. The van der Waals surface area contributed by atoms with Crippen LogP contribution in [0.3, 0.4) is 0 Å². The van der Waals surface area contributed by atoms with E-state index in [0.29, 0.717) is 36.7 Å². The lowest BCUT2D eigenvalue weighted by Gasteiger charge is -2.44. The normalized spacial score (nSPS) is 23.6. The van der Waals surface area contributed by atoms with Crippen LogP contribution in [-0.2, 0) is 22.7 Å². The van der Waals surface area contributed by atoms with Crippen molar-refractivity contribution >= 4 is 45.9 Å². The number of aromatic hydroxyl groups is 1. The van der Waals surface area contributed by atoms with E-state index in [4.69, 9.17) is 11.6 Å². The van der Waals surface area contributed by atoms with Gasteiger partial charge in [-0.3, -0.25) is 24.7 Å². The van der Waals surface area contributed by atoms with E-state index in [1.807, 2.05) is 18.2 Å². The first-order valence-corrected chi connectivity index (χ1v) is 21.1. The number of alkyl halides is 1. The minimum atomic E-state index is -0.219. The zero-order chi connectivity index (χ0) is 38.2. The van der Waals surface area contributed by atoms with Crippen molar-refractivity contribution in [2.24, 2.45) is 5.92 Å². The number of piperidine rings is 2. The molecule has 9 rings (SSSR count). The standard InChI is InChI=1S/C47H52ClN5O3/c48-23-20-43(33-4-2-1-3-5-33)46(35-9-16-42(54)17-10-35)34-6-11-38(12-7-34)51-24-21-32(22-25-51)27-50-30-40-14-15-41(31-50)53(40)39-13-8-36-28-52(29-37(36)26-39)44-18-19-45(55)49-47(44)56/h1-13,16-17,26,32,40-41,44,54H,14-15,18-25,27-31H2,(H,49,55,56). The first-order chi connectivity index (χ1) is 27.4. The summed E-state index contributed by atoms with van der Waals surface area (Å²) >= 11 is 6.38. The largest absolute Gasteiger partial charge is 0.508 e. The molecule has 4 aromatic rings. The third-order valence-corrected chi connectivity index (χ3v) is 13.2. The van der Waals surface area contributed by atoms with E-state index < -0.39 is 0 Å². The highest BCUT2D eigenvalue weighted by atomic mass is 35.5. The summed E-state index contributed by atoms with van der Waals surface area (Å²) in [6.45, 7) is 7.13. The number of phenolic OH excluding ortho intramolecular Hbond substituents is 1. The van der Waals surface area contributed by atoms with E-state index in [0.717, 1.165) is 62.4 Å². The Labute approximate surface area is 335 Å². The Balaban J connectivity index is 0.817. The van der Waals surface area contributed by atoms with E-state index in [-0.39, 0.29) is 23.6 Å². The van der Waals surface area contributed by atoms with Crippen molar-refractivity contribution in [1.29, 1.82) is 0 Å². The van der Waals surface area contributed by atoms with Crippen LogP contribution in [0.25, 0.3) is 11.1 Å². The molecule has 0 saturated carbocycles. The molecule has 5 aliphatic heterocycles. The van der Waals surface area contributed by atoms with E-state index in [9.17, 15) is 14.7 Å². The quantitative estimate of drug-likeness (QED) is 0.0975. The van der Waals surface area contributed by atoms with Gasteiger partial charge in [0.2, 0.25) is 11.8 Å². The lowest BCUT2D eigenvalue weighted by molar-refractivity contribution is -0.137. The molecule has 4 fully saturated rings. The molecule has 0 aromatic heterocycles. The monoisotopic (exact) mass is 769 g/mol. The maximum absolute atomic E-state index is 12.6. The van der Waals surface area contributed by atoms with E-state index in [1.54, 1.807) is 12.1 Å². The van der Waals surface area contributed by atoms with Crippen molar-refractivity contribution in [3.05, 3.63) is 125 Å². The molecule has 290 valence electrons. The number of hydrogen-bond donors (Lipinski definition) is 2. The number of likely N-dealkylation sites (tertiary alicyclic amines) is 1. The second-order valence-electron chi connectivity index (χ2n) is 16.5. The van der Waals surface area contributed by atoms with Gasteiger partial charge in [-0.05, 0) is 120 Å². The fourth-order valence-corrected chi connectivity index (χ4v) is 10.4. The lowest BCUT2D eigenvalue weighted by atomic mass is 9.88. The second kappa shape index (κ2) is 16.1. The second-order valence-corrected chi connectivity index (χ2v) is 16.9. The van der Waals surface area contributed by atoms with Gasteiger partial charge in [-0.1, -0.05) is 60.7 Å². The van der Waals surface area contributed by atoms with Crippen molar-refractivity contribution < 1.29 is 14.7 Å². The SMILES string of the molecule is O=C1CCC(N2Cc3ccc(N4C5CCC4CN(CC4CCN(c6ccc(C(=C(CCCl)c7ccccc7)c7ccc(O)cc7)cc6)CC4)C5)cc3C2)C(=O)N1. The Morgan fingerprint density at radius 1 is 0.732 bits per heavy atom. The first kappa shape index (κ1) is 37.0. The molecule has 4 saturated heterocycles. The van der Waals surface area contributed by atoms with Gasteiger partial charge in [0.15, 0.2) is 0 Å². The molecule has 2 N–H and O–H groups in total. The van der Waals surface area contributed by atoms with Crippen LogP contribution in [0.5, 0.6) is 5.75 Å². The van der Waals surface area contributed by atoms with Gasteiger partial charge >= 0.3 is 0 Å². The fourth-order valence-electron chi connectivity index (χ4n) is 10.2. The predicted octanol–water partition coefficient (Wildman–Crippen LogP) is 7.67. The topological polar surface area (TPSA) is 79.4 Å². The molecule has 0 radical (unpaired) electrons. The number of nitrogens with one attached hydrogen (secondary N) is 1.